The lowest BCUT2D eigenvalue weighted by molar-refractivity contribution is 0.940. The third-order valence-electron chi connectivity index (χ3n) is 2.01. The van der Waals surface area contributed by atoms with E-state index in [0.29, 0.717) is 29.1 Å². The van der Waals surface area contributed by atoms with Crippen molar-refractivity contribution in [3.8, 4) is 0 Å². The SMILES string of the molecule is C=C(C)CNC(N)=NCc1ccc(Cl)cc1Cl. The first-order chi connectivity index (χ1) is 7.99. The molecule has 3 N–H and O–H groups in total. The highest BCUT2D eigenvalue weighted by molar-refractivity contribution is 6.35. The Kier molecular flexibility index (Phi) is 5.32. The van der Waals surface area contributed by atoms with Gasteiger partial charge in [0, 0.05) is 16.6 Å². The summed E-state index contributed by atoms with van der Waals surface area (Å²) in [6, 6.07) is 5.29. The van der Waals surface area contributed by atoms with Gasteiger partial charge in [-0.05, 0) is 24.6 Å². The minimum absolute atomic E-state index is 0.374. The Morgan fingerprint density at radius 1 is 1.47 bits per heavy atom. The van der Waals surface area contributed by atoms with Crippen molar-refractivity contribution in [2.24, 2.45) is 10.7 Å². The molecule has 0 amide bonds. The summed E-state index contributed by atoms with van der Waals surface area (Å²) in [4.78, 5) is 4.17. The fourth-order valence-electron chi connectivity index (χ4n) is 1.12. The quantitative estimate of drug-likeness (QED) is 0.503. The molecule has 17 heavy (non-hydrogen) atoms. The molecule has 0 saturated carbocycles. The Morgan fingerprint density at radius 2 is 2.18 bits per heavy atom. The van der Waals surface area contributed by atoms with Gasteiger partial charge in [-0.3, -0.25) is 0 Å². The number of aliphatic imine (C=N–C) groups is 1. The van der Waals surface area contributed by atoms with Crippen LogP contribution in [0, 0.1) is 0 Å². The van der Waals surface area contributed by atoms with E-state index in [1.807, 2.05) is 13.0 Å². The zero-order chi connectivity index (χ0) is 12.8. The summed E-state index contributed by atoms with van der Waals surface area (Å²) >= 11 is 11.8. The Morgan fingerprint density at radius 3 is 2.76 bits per heavy atom. The van der Waals surface area contributed by atoms with Crippen LogP contribution in [0.3, 0.4) is 0 Å². The smallest absolute Gasteiger partial charge is 0.189 e. The van der Waals surface area contributed by atoms with Crippen LogP contribution in [0.25, 0.3) is 0 Å². The molecule has 1 aromatic carbocycles. The molecule has 0 unspecified atom stereocenters. The van der Waals surface area contributed by atoms with Gasteiger partial charge in [0.25, 0.3) is 0 Å². The van der Waals surface area contributed by atoms with Crippen molar-refractivity contribution in [1.29, 1.82) is 0 Å². The van der Waals surface area contributed by atoms with Crippen LogP contribution >= 0.6 is 23.2 Å². The summed E-state index contributed by atoms with van der Waals surface area (Å²) in [6.45, 7) is 6.71. The van der Waals surface area contributed by atoms with Crippen molar-refractivity contribution in [2.75, 3.05) is 6.54 Å². The second kappa shape index (κ2) is 6.52. The van der Waals surface area contributed by atoms with E-state index in [0.717, 1.165) is 11.1 Å². The molecule has 0 heterocycles. The lowest BCUT2D eigenvalue weighted by Crippen LogP contribution is -2.32. The average molecular weight is 272 g/mol. The predicted molar refractivity (Wildman–Crippen MR) is 74.6 cm³/mol. The topological polar surface area (TPSA) is 50.4 Å². The zero-order valence-corrected chi connectivity index (χ0v) is 11.1. The number of nitrogens with two attached hydrogens (primary N) is 1. The lowest BCUT2D eigenvalue weighted by Gasteiger charge is -2.05. The number of nitrogens with zero attached hydrogens (tertiary/aromatic N) is 1. The molecule has 1 rings (SSSR count). The highest BCUT2D eigenvalue weighted by Gasteiger charge is 2.00. The Bertz CT molecular complexity index is 441. The van der Waals surface area contributed by atoms with E-state index in [4.69, 9.17) is 28.9 Å². The van der Waals surface area contributed by atoms with Crippen LogP contribution in [0.4, 0.5) is 0 Å². The standard InChI is InChI=1S/C12H15Cl2N3/c1-8(2)6-16-12(15)17-7-9-3-4-10(13)5-11(9)14/h3-5H,1,6-7H2,2H3,(H3,15,16,17). The van der Waals surface area contributed by atoms with Gasteiger partial charge in [-0.15, -0.1) is 0 Å². The number of hydrogen-bond acceptors (Lipinski definition) is 1. The maximum Gasteiger partial charge on any atom is 0.189 e. The molecule has 3 nitrogen and oxygen atoms in total. The molecule has 92 valence electrons. The number of nitrogens with one attached hydrogen (secondary N) is 1. The van der Waals surface area contributed by atoms with E-state index in [9.17, 15) is 0 Å². The molecule has 0 aliphatic carbocycles. The van der Waals surface area contributed by atoms with Crippen molar-refractivity contribution in [2.45, 2.75) is 13.5 Å². The number of benzene rings is 1. The second-order valence-electron chi connectivity index (χ2n) is 3.75. The molecular weight excluding hydrogens is 257 g/mol. The van der Waals surface area contributed by atoms with E-state index in [1.54, 1.807) is 12.1 Å². The van der Waals surface area contributed by atoms with Gasteiger partial charge in [0.1, 0.15) is 0 Å². The molecule has 0 fully saturated rings. The highest BCUT2D eigenvalue weighted by Crippen LogP contribution is 2.21. The van der Waals surface area contributed by atoms with Gasteiger partial charge in [0.05, 0.1) is 6.54 Å². The molecule has 5 heteroatoms. The summed E-state index contributed by atoms with van der Waals surface area (Å²) in [5, 5.41) is 4.14. The van der Waals surface area contributed by atoms with Gasteiger partial charge < -0.3 is 11.1 Å². The first-order valence-electron chi connectivity index (χ1n) is 5.11. The van der Waals surface area contributed by atoms with Crippen molar-refractivity contribution in [1.82, 2.24) is 5.32 Å². The van der Waals surface area contributed by atoms with E-state index in [2.05, 4.69) is 16.9 Å². The lowest BCUT2D eigenvalue weighted by atomic mass is 10.2. The number of rotatable bonds is 4. The normalized spacial score (nSPS) is 11.4. The average Bonchev–Trinajstić information content (AvgIpc) is 2.25. The van der Waals surface area contributed by atoms with Crippen molar-refractivity contribution >= 4 is 29.2 Å². The maximum atomic E-state index is 6.01. The maximum absolute atomic E-state index is 6.01. The van der Waals surface area contributed by atoms with Crippen molar-refractivity contribution in [3.63, 3.8) is 0 Å². The molecular formula is C12H15Cl2N3. The van der Waals surface area contributed by atoms with Gasteiger partial charge in [0.15, 0.2) is 5.96 Å². The van der Waals surface area contributed by atoms with Crippen molar-refractivity contribution < 1.29 is 0 Å². The molecule has 0 aliphatic rings. The van der Waals surface area contributed by atoms with Gasteiger partial charge in [-0.2, -0.15) is 0 Å². The first-order valence-corrected chi connectivity index (χ1v) is 5.86. The van der Waals surface area contributed by atoms with Crippen LogP contribution in [-0.2, 0) is 6.54 Å². The summed E-state index contributed by atoms with van der Waals surface area (Å²) in [6.07, 6.45) is 0. The van der Waals surface area contributed by atoms with Gasteiger partial charge in [-0.25, -0.2) is 4.99 Å². The van der Waals surface area contributed by atoms with Crippen LogP contribution < -0.4 is 11.1 Å². The van der Waals surface area contributed by atoms with Crippen molar-refractivity contribution in [3.05, 3.63) is 46.0 Å². The Labute approximate surface area is 111 Å². The Hall–Kier alpha value is -1.19. The number of guanidine groups is 1. The molecule has 1 aromatic rings. The van der Waals surface area contributed by atoms with Crippen LogP contribution in [0.1, 0.15) is 12.5 Å². The fourth-order valence-corrected chi connectivity index (χ4v) is 1.59. The van der Waals surface area contributed by atoms with Crippen LogP contribution in [-0.4, -0.2) is 12.5 Å². The van der Waals surface area contributed by atoms with Crippen LogP contribution in [0.2, 0.25) is 10.0 Å². The van der Waals surface area contributed by atoms with Gasteiger partial charge in [0.2, 0.25) is 0 Å². The molecule has 0 radical (unpaired) electrons. The molecule has 0 aromatic heterocycles. The predicted octanol–water partition coefficient (Wildman–Crippen LogP) is 2.97. The van der Waals surface area contributed by atoms with Gasteiger partial charge >= 0.3 is 0 Å². The first kappa shape index (κ1) is 13.9. The highest BCUT2D eigenvalue weighted by atomic mass is 35.5. The molecule has 0 saturated heterocycles. The minimum atomic E-state index is 0.374. The van der Waals surface area contributed by atoms with Gasteiger partial charge in [-0.1, -0.05) is 41.4 Å². The largest absolute Gasteiger partial charge is 0.370 e. The Balaban J connectivity index is 2.59. The van der Waals surface area contributed by atoms with Crippen LogP contribution in [0.15, 0.2) is 35.3 Å². The fraction of sp³-hybridized carbons (Fsp3) is 0.250. The third-order valence-corrected chi connectivity index (χ3v) is 2.59. The van der Waals surface area contributed by atoms with E-state index < -0.39 is 0 Å². The molecule has 0 bridgehead atoms. The number of hydrogen-bond donors (Lipinski definition) is 2. The third kappa shape index (κ3) is 5.11. The zero-order valence-electron chi connectivity index (χ0n) is 9.63. The monoisotopic (exact) mass is 271 g/mol. The van der Waals surface area contributed by atoms with E-state index in [1.165, 1.54) is 0 Å². The summed E-state index contributed by atoms with van der Waals surface area (Å²) in [5.41, 5.74) is 7.56. The molecule has 0 spiro atoms. The number of halogens is 2. The summed E-state index contributed by atoms with van der Waals surface area (Å²) < 4.78 is 0. The molecule has 0 atom stereocenters. The summed E-state index contributed by atoms with van der Waals surface area (Å²) in [7, 11) is 0. The minimum Gasteiger partial charge on any atom is -0.370 e. The van der Waals surface area contributed by atoms with E-state index >= 15 is 0 Å². The summed E-state index contributed by atoms with van der Waals surface area (Å²) in [5.74, 6) is 0.374. The second-order valence-corrected chi connectivity index (χ2v) is 4.59. The van der Waals surface area contributed by atoms with Crippen LogP contribution in [0.5, 0.6) is 0 Å². The van der Waals surface area contributed by atoms with E-state index in [-0.39, 0.29) is 0 Å². The molecule has 0 aliphatic heterocycles.